The molecule has 3 rings (SSSR count). The van der Waals surface area contributed by atoms with Crippen LogP contribution in [0.3, 0.4) is 0 Å². The fraction of sp³-hybridized carbons (Fsp3) is 0.150. The maximum Gasteiger partial charge on any atom is 0.196 e. The number of hydrogen-bond acceptors (Lipinski definition) is 2. The summed E-state index contributed by atoms with van der Waals surface area (Å²) in [5, 5.41) is 0.740. The van der Waals surface area contributed by atoms with Gasteiger partial charge >= 0.3 is 0 Å². The number of rotatable bonds is 4. The maximum absolute atomic E-state index is 12.6. The van der Waals surface area contributed by atoms with Crippen molar-refractivity contribution in [3.8, 4) is 5.75 Å². The molecule has 2 aromatic carbocycles. The van der Waals surface area contributed by atoms with Gasteiger partial charge in [-0.15, -0.1) is 0 Å². The first kappa shape index (κ1) is 15.1. The van der Waals surface area contributed by atoms with E-state index >= 15 is 0 Å². The molecule has 0 saturated heterocycles. The van der Waals surface area contributed by atoms with Crippen molar-refractivity contribution in [2.45, 2.75) is 6.92 Å². The second-order valence-corrected chi connectivity index (χ2v) is 5.38. The van der Waals surface area contributed by atoms with Crippen LogP contribution in [0.25, 0.3) is 23.1 Å². The van der Waals surface area contributed by atoms with E-state index in [0.29, 0.717) is 12.2 Å². The van der Waals surface area contributed by atoms with E-state index in [1.165, 1.54) is 0 Å². The fourth-order valence-corrected chi connectivity index (χ4v) is 2.61. The van der Waals surface area contributed by atoms with Crippen molar-refractivity contribution < 1.29 is 4.74 Å². The van der Waals surface area contributed by atoms with Gasteiger partial charge in [0.1, 0.15) is 5.75 Å². The van der Waals surface area contributed by atoms with Gasteiger partial charge in [0.05, 0.1) is 12.1 Å². The lowest BCUT2D eigenvalue weighted by atomic mass is 10.1. The molecule has 3 heteroatoms. The van der Waals surface area contributed by atoms with E-state index in [0.717, 1.165) is 22.2 Å². The van der Waals surface area contributed by atoms with E-state index in [4.69, 9.17) is 4.74 Å². The Morgan fingerprint density at radius 2 is 1.78 bits per heavy atom. The second kappa shape index (κ2) is 6.53. The summed E-state index contributed by atoms with van der Waals surface area (Å²) in [6.07, 6.45) is 5.68. The number of para-hydroxylation sites is 1. The Balaban J connectivity index is 1.95. The van der Waals surface area contributed by atoms with Gasteiger partial charge in [0.25, 0.3) is 0 Å². The van der Waals surface area contributed by atoms with Crippen LogP contribution in [0.15, 0.2) is 59.5 Å². The molecule has 0 aliphatic heterocycles. The SMILES string of the molecule is CCOc1ccc(/C=C/c2cn(C)c3ccccc3c2=O)cc1. The molecule has 116 valence electrons. The minimum absolute atomic E-state index is 0.0564. The topological polar surface area (TPSA) is 31.2 Å². The van der Waals surface area contributed by atoms with Crippen LogP contribution in [0.2, 0.25) is 0 Å². The third-order valence-electron chi connectivity index (χ3n) is 3.77. The van der Waals surface area contributed by atoms with Crippen LogP contribution in [0, 0.1) is 0 Å². The number of ether oxygens (including phenoxy) is 1. The largest absolute Gasteiger partial charge is 0.494 e. The van der Waals surface area contributed by atoms with Gasteiger partial charge in [0, 0.05) is 24.2 Å². The summed E-state index contributed by atoms with van der Waals surface area (Å²) in [4.78, 5) is 12.6. The van der Waals surface area contributed by atoms with Crippen LogP contribution < -0.4 is 10.2 Å². The first-order valence-corrected chi connectivity index (χ1v) is 7.68. The molecule has 0 N–H and O–H groups in total. The average Bonchev–Trinajstić information content (AvgIpc) is 2.58. The lowest BCUT2D eigenvalue weighted by Crippen LogP contribution is -2.10. The molecule has 0 aliphatic rings. The van der Waals surface area contributed by atoms with Gasteiger partial charge in [-0.3, -0.25) is 4.79 Å². The zero-order valence-electron chi connectivity index (χ0n) is 13.3. The summed E-state index contributed by atoms with van der Waals surface area (Å²) in [5.41, 5.74) is 2.71. The number of fused-ring (bicyclic) bond motifs is 1. The molecule has 23 heavy (non-hydrogen) atoms. The quantitative estimate of drug-likeness (QED) is 0.726. The van der Waals surface area contributed by atoms with Crippen molar-refractivity contribution in [3.63, 3.8) is 0 Å². The van der Waals surface area contributed by atoms with Crippen LogP contribution >= 0.6 is 0 Å². The number of hydrogen-bond donors (Lipinski definition) is 0. The van der Waals surface area contributed by atoms with Gasteiger partial charge in [0.2, 0.25) is 0 Å². The Hall–Kier alpha value is -2.81. The van der Waals surface area contributed by atoms with Crippen molar-refractivity contribution in [2.24, 2.45) is 7.05 Å². The van der Waals surface area contributed by atoms with Crippen LogP contribution in [0.4, 0.5) is 0 Å². The molecule has 0 radical (unpaired) electrons. The molecule has 0 fully saturated rings. The molecule has 0 atom stereocenters. The molecule has 0 amide bonds. The van der Waals surface area contributed by atoms with Gasteiger partial charge < -0.3 is 9.30 Å². The molecule has 1 heterocycles. The van der Waals surface area contributed by atoms with Crippen LogP contribution in [-0.2, 0) is 7.05 Å². The molecular weight excluding hydrogens is 286 g/mol. The molecule has 3 aromatic rings. The second-order valence-electron chi connectivity index (χ2n) is 5.38. The summed E-state index contributed by atoms with van der Waals surface area (Å²) >= 11 is 0. The van der Waals surface area contributed by atoms with Crippen LogP contribution in [0.1, 0.15) is 18.1 Å². The Morgan fingerprint density at radius 3 is 2.52 bits per heavy atom. The van der Waals surface area contributed by atoms with Gasteiger partial charge in [-0.05, 0) is 42.8 Å². The molecule has 0 aliphatic carbocycles. The molecule has 0 saturated carbocycles. The summed E-state index contributed by atoms with van der Waals surface area (Å²) in [5.74, 6) is 0.853. The summed E-state index contributed by atoms with van der Waals surface area (Å²) in [6.45, 7) is 2.62. The van der Waals surface area contributed by atoms with Crippen molar-refractivity contribution in [3.05, 3.63) is 76.1 Å². The Bertz CT molecular complexity index is 905. The predicted molar refractivity (Wildman–Crippen MR) is 95.7 cm³/mol. The van der Waals surface area contributed by atoms with E-state index in [2.05, 4.69) is 0 Å². The molecule has 1 aromatic heterocycles. The molecule has 3 nitrogen and oxygen atoms in total. The van der Waals surface area contributed by atoms with E-state index < -0.39 is 0 Å². The standard InChI is InChI=1S/C20H19NO2/c1-3-23-17-12-9-15(10-13-17)8-11-16-14-21(2)19-7-5-4-6-18(19)20(16)22/h4-14H,3H2,1-2H3/b11-8+. The van der Waals surface area contributed by atoms with Crippen molar-refractivity contribution in [1.29, 1.82) is 0 Å². The zero-order chi connectivity index (χ0) is 16.2. The Morgan fingerprint density at radius 1 is 1.04 bits per heavy atom. The number of aryl methyl sites for hydroxylation is 1. The van der Waals surface area contributed by atoms with E-state index in [9.17, 15) is 4.79 Å². The molecule has 0 spiro atoms. The van der Waals surface area contributed by atoms with E-state index in [1.54, 1.807) is 0 Å². The normalized spacial score (nSPS) is 11.2. The van der Waals surface area contributed by atoms with Crippen molar-refractivity contribution in [1.82, 2.24) is 4.57 Å². The Kier molecular flexibility index (Phi) is 4.29. The fourth-order valence-electron chi connectivity index (χ4n) is 2.61. The highest BCUT2D eigenvalue weighted by atomic mass is 16.5. The van der Waals surface area contributed by atoms with Gasteiger partial charge in [-0.1, -0.05) is 30.3 Å². The van der Waals surface area contributed by atoms with Gasteiger partial charge in [-0.25, -0.2) is 0 Å². The smallest absolute Gasteiger partial charge is 0.196 e. The number of aromatic nitrogens is 1. The lowest BCUT2D eigenvalue weighted by Gasteiger charge is -2.06. The van der Waals surface area contributed by atoms with E-state index in [-0.39, 0.29) is 5.43 Å². The van der Waals surface area contributed by atoms with Crippen LogP contribution in [0.5, 0.6) is 5.75 Å². The number of benzene rings is 2. The minimum Gasteiger partial charge on any atom is -0.494 e. The highest BCUT2D eigenvalue weighted by molar-refractivity contribution is 5.82. The minimum atomic E-state index is 0.0564. The third kappa shape index (κ3) is 3.19. The van der Waals surface area contributed by atoms with Crippen LogP contribution in [-0.4, -0.2) is 11.2 Å². The first-order chi connectivity index (χ1) is 11.2. The van der Waals surface area contributed by atoms with Crippen molar-refractivity contribution in [2.75, 3.05) is 6.61 Å². The summed E-state index contributed by atoms with van der Waals surface area (Å²) < 4.78 is 7.41. The third-order valence-corrected chi connectivity index (χ3v) is 3.77. The Labute approximate surface area is 135 Å². The van der Waals surface area contributed by atoms with Crippen molar-refractivity contribution >= 4 is 23.1 Å². The zero-order valence-corrected chi connectivity index (χ0v) is 13.3. The summed E-state index contributed by atoms with van der Waals surface area (Å²) in [6, 6.07) is 15.5. The van der Waals surface area contributed by atoms with Gasteiger partial charge in [0.15, 0.2) is 5.43 Å². The monoisotopic (exact) mass is 305 g/mol. The number of nitrogens with zero attached hydrogens (tertiary/aromatic N) is 1. The lowest BCUT2D eigenvalue weighted by molar-refractivity contribution is 0.340. The van der Waals surface area contributed by atoms with E-state index in [1.807, 2.05) is 85.4 Å². The molecule has 0 bridgehead atoms. The molecule has 0 unspecified atom stereocenters. The first-order valence-electron chi connectivity index (χ1n) is 7.68. The highest BCUT2D eigenvalue weighted by Gasteiger charge is 2.04. The van der Waals surface area contributed by atoms with Gasteiger partial charge in [-0.2, -0.15) is 0 Å². The molecular formula is C20H19NO2. The maximum atomic E-state index is 12.6. The predicted octanol–water partition coefficient (Wildman–Crippen LogP) is 4.11. The summed E-state index contributed by atoms with van der Waals surface area (Å²) in [7, 11) is 1.95. The average molecular weight is 305 g/mol. The number of pyridine rings is 1. The highest BCUT2D eigenvalue weighted by Crippen LogP contribution is 2.15.